The third-order valence-corrected chi connectivity index (χ3v) is 8.47. The number of benzene rings is 2. The van der Waals surface area contributed by atoms with Crippen LogP contribution in [0.25, 0.3) is 0 Å². The first kappa shape index (κ1) is 39.3. The van der Waals surface area contributed by atoms with E-state index in [0.29, 0.717) is 0 Å². The van der Waals surface area contributed by atoms with E-state index in [1.165, 1.54) is 145 Å². The summed E-state index contributed by atoms with van der Waals surface area (Å²) >= 11 is 0. The maximum atomic E-state index is 5.18. The van der Waals surface area contributed by atoms with Crippen LogP contribution < -0.4 is 0 Å². The van der Waals surface area contributed by atoms with Crippen LogP contribution in [0.1, 0.15) is 167 Å². The van der Waals surface area contributed by atoms with Gasteiger partial charge in [-0.25, -0.2) is 0 Å². The van der Waals surface area contributed by atoms with E-state index in [2.05, 4.69) is 76.2 Å². The first-order valence-corrected chi connectivity index (χ1v) is 18.0. The molecule has 0 saturated heterocycles. The third kappa shape index (κ3) is 18.6. The van der Waals surface area contributed by atoms with Crippen molar-refractivity contribution in [2.75, 3.05) is 0 Å². The van der Waals surface area contributed by atoms with Gasteiger partial charge in [-0.1, -0.05) is 148 Å². The minimum Gasteiger partial charge on any atom is -0.252 e. The summed E-state index contributed by atoms with van der Waals surface area (Å²) < 4.78 is 0. The molecule has 0 aromatic heterocycles. The van der Waals surface area contributed by atoms with Crippen LogP contribution in [0, 0.1) is 0 Å². The first-order chi connectivity index (χ1) is 20.7. The normalized spacial score (nSPS) is 12.0. The maximum absolute atomic E-state index is 5.18. The van der Waals surface area contributed by atoms with E-state index < -0.39 is 0 Å². The van der Waals surface area contributed by atoms with Crippen LogP contribution in [0.5, 0.6) is 0 Å². The van der Waals surface area contributed by atoms with Gasteiger partial charge in [0.1, 0.15) is 0 Å². The SMILES string of the molecule is CCCCCCCCCc1ccc(N=C(CC)C(CCCCCC)=Nc2ccc(CCCCCCCCC)cc2)cc1.[Ni]. The molecule has 0 fully saturated rings. The van der Waals surface area contributed by atoms with Gasteiger partial charge in [0.2, 0.25) is 0 Å². The molecule has 0 heterocycles. The fourth-order valence-corrected chi connectivity index (χ4v) is 5.69. The van der Waals surface area contributed by atoms with Gasteiger partial charge in [-0.05, 0) is 80.3 Å². The van der Waals surface area contributed by atoms with Gasteiger partial charge in [-0.3, -0.25) is 9.98 Å². The number of aliphatic imine (C=N–C) groups is 2. The van der Waals surface area contributed by atoms with Crippen molar-refractivity contribution >= 4 is 22.8 Å². The maximum Gasteiger partial charge on any atom is 0.0633 e. The molecule has 0 N–H and O–H groups in total. The van der Waals surface area contributed by atoms with Crippen molar-refractivity contribution in [2.45, 2.75) is 169 Å². The summed E-state index contributed by atoms with van der Waals surface area (Å²) in [6.45, 7) is 9.07. The van der Waals surface area contributed by atoms with Gasteiger partial charge < -0.3 is 0 Å². The predicted molar refractivity (Wildman–Crippen MR) is 190 cm³/mol. The molecule has 0 spiro atoms. The summed E-state index contributed by atoms with van der Waals surface area (Å²) in [5.74, 6) is 0. The summed E-state index contributed by atoms with van der Waals surface area (Å²) in [6.07, 6.45) is 28.3. The molecule has 2 rings (SSSR count). The smallest absolute Gasteiger partial charge is 0.0633 e. The molecule has 0 bridgehead atoms. The quantitative estimate of drug-likeness (QED) is 0.0592. The van der Waals surface area contributed by atoms with Crippen LogP contribution in [0.3, 0.4) is 0 Å². The van der Waals surface area contributed by atoms with Gasteiger partial charge in [0, 0.05) is 16.5 Å². The van der Waals surface area contributed by atoms with E-state index in [0.717, 1.165) is 29.9 Å². The van der Waals surface area contributed by atoms with Crippen LogP contribution in [0.15, 0.2) is 58.5 Å². The number of hydrogen-bond acceptors (Lipinski definition) is 2. The number of unbranched alkanes of at least 4 members (excludes halogenated alkanes) is 15. The van der Waals surface area contributed by atoms with Gasteiger partial charge in [0.05, 0.1) is 22.8 Å². The molecule has 0 aliphatic carbocycles. The van der Waals surface area contributed by atoms with Gasteiger partial charge in [-0.2, -0.15) is 0 Å². The zero-order chi connectivity index (χ0) is 30.1. The average molecular weight is 632 g/mol. The topological polar surface area (TPSA) is 24.7 Å². The van der Waals surface area contributed by atoms with Crippen molar-refractivity contribution in [1.82, 2.24) is 0 Å². The number of rotatable bonds is 25. The molecule has 0 aliphatic heterocycles. The number of hydrogen-bond donors (Lipinski definition) is 0. The van der Waals surface area contributed by atoms with E-state index in [1.54, 1.807) is 0 Å². The molecule has 244 valence electrons. The monoisotopic (exact) mass is 630 g/mol. The van der Waals surface area contributed by atoms with Gasteiger partial charge in [-0.15, -0.1) is 0 Å². The Morgan fingerprint density at radius 1 is 0.419 bits per heavy atom. The Morgan fingerprint density at radius 3 is 1.16 bits per heavy atom. The Morgan fingerprint density at radius 2 is 0.767 bits per heavy atom. The van der Waals surface area contributed by atoms with Crippen molar-refractivity contribution in [3.8, 4) is 0 Å². The van der Waals surface area contributed by atoms with Gasteiger partial charge in [0.15, 0.2) is 0 Å². The van der Waals surface area contributed by atoms with Crippen LogP contribution in [-0.2, 0) is 29.3 Å². The molecule has 0 saturated carbocycles. The second kappa shape index (κ2) is 26.7. The molecule has 2 aromatic carbocycles. The summed E-state index contributed by atoms with van der Waals surface area (Å²) in [4.78, 5) is 10.3. The van der Waals surface area contributed by atoms with Crippen LogP contribution >= 0.6 is 0 Å². The zero-order valence-corrected chi connectivity index (χ0v) is 29.4. The molecular weight excluding hydrogens is 567 g/mol. The van der Waals surface area contributed by atoms with E-state index in [4.69, 9.17) is 9.98 Å². The fourth-order valence-electron chi connectivity index (χ4n) is 5.69. The van der Waals surface area contributed by atoms with Crippen LogP contribution in [0.4, 0.5) is 11.4 Å². The van der Waals surface area contributed by atoms with Crippen molar-refractivity contribution < 1.29 is 16.5 Å². The summed E-state index contributed by atoms with van der Waals surface area (Å²) in [5, 5.41) is 0. The molecule has 2 nitrogen and oxygen atoms in total. The summed E-state index contributed by atoms with van der Waals surface area (Å²) in [7, 11) is 0. The molecule has 43 heavy (non-hydrogen) atoms. The van der Waals surface area contributed by atoms with E-state index in [1.807, 2.05) is 0 Å². The third-order valence-electron chi connectivity index (χ3n) is 8.47. The molecular formula is C40H64N2Ni. The van der Waals surface area contributed by atoms with E-state index >= 15 is 0 Å². The molecule has 0 aliphatic rings. The molecule has 0 radical (unpaired) electrons. The minimum atomic E-state index is 0. The van der Waals surface area contributed by atoms with Crippen molar-refractivity contribution in [3.63, 3.8) is 0 Å². The Balaban J connectivity index is 0.00000924. The molecule has 0 unspecified atom stereocenters. The fraction of sp³-hybridized carbons (Fsp3) is 0.650. The second-order valence-corrected chi connectivity index (χ2v) is 12.4. The number of aryl methyl sites for hydroxylation is 2. The van der Waals surface area contributed by atoms with Crippen molar-refractivity contribution in [2.24, 2.45) is 9.98 Å². The van der Waals surface area contributed by atoms with Gasteiger partial charge in [0.25, 0.3) is 0 Å². The summed E-state index contributed by atoms with van der Waals surface area (Å²) in [6, 6.07) is 18.0. The number of nitrogens with zero attached hydrogens (tertiary/aromatic N) is 2. The second-order valence-electron chi connectivity index (χ2n) is 12.4. The Labute approximate surface area is 277 Å². The molecule has 0 amide bonds. The average Bonchev–Trinajstić information content (AvgIpc) is 3.02. The van der Waals surface area contributed by atoms with E-state index in [9.17, 15) is 0 Å². The Hall–Kier alpha value is -1.73. The van der Waals surface area contributed by atoms with Gasteiger partial charge >= 0.3 is 0 Å². The Kier molecular flexibility index (Phi) is 24.4. The van der Waals surface area contributed by atoms with Crippen molar-refractivity contribution in [1.29, 1.82) is 0 Å². The Bertz CT molecular complexity index is 975. The largest absolute Gasteiger partial charge is 0.252 e. The van der Waals surface area contributed by atoms with Crippen LogP contribution in [-0.4, -0.2) is 11.4 Å². The zero-order valence-electron chi connectivity index (χ0n) is 28.4. The molecule has 3 heteroatoms. The van der Waals surface area contributed by atoms with Crippen molar-refractivity contribution in [3.05, 3.63) is 59.7 Å². The van der Waals surface area contributed by atoms with E-state index in [-0.39, 0.29) is 16.5 Å². The predicted octanol–water partition coefficient (Wildman–Crippen LogP) is 13.5. The molecule has 0 atom stereocenters. The standard InChI is InChI=1S/C40H64N2.Ni/c1-5-9-12-15-17-19-21-24-35-27-31-37(32-28-35)41-39(8-4)40(26-23-14-11-7-3)42-38-33-29-36(30-34-38)25-22-20-18-16-13-10-6-2;/h27-34H,5-26H2,1-4H3;. The minimum absolute atomic E-state index is 0. The summed E-state index contributed by atoms with van der Waals surface area (Å²) in [5.41, 5.74) is 7.30. The first-order valence-electron chi connectivity index (χ1n) is 18.0. The van der Waals surface area contributed by atoms with Crippen LogP contribution in [0.2, 0.25) is 0 Å². The molecule has 2 aromatic rings.